The molecule has 0 spiro atoms. The van der Waals surface area contributed by atoms with Gasteiger partial charge in [-0.05, 0) is 87.3 Å². The number of nitrogens with one attached hydrogen (secondary N) is 2. The molecule has 0 radical (unpaired) electrons. The molecule has 0 aromatic heterocycles. The summed E-state index contributed by atoms with van der Waals surface area (Å²) in [6, 6.07) is 10.9. The molecular weight excluding hydrogens is 465 g/mol. The number of carboxylic acids is 1. The molecule has 1 saturated carbocycles. The van der Waals surface area contributed by atoms with Gasteiger partial charge < -0.3 is 25.4 Å². The molecule has 192 valence electrons. The Hall–Kier alpha value is -3.62. The molecular formula is C27H32FN3O5. The fraction of sp³-hybridized carbons (Fsp3) is 0.444. The van der Waals surface area contributed by atoms with Gasteiger partial charge in [0.2, 0.25) is 0 Å². The van der Waals surface area contributed by atoms with Crippen LogP contribution >= 0.6 is 0 Å². The Labute approximate surface area is 209 Å². The fourth-order valence-electron chi connectivity index (χ4n) is 4.93. The monoisotopic (exact) mass is 497 g/mol. The van der Waals surface area contributed by atoms with Crippen molar-refractivity contribution in [1.29, 1.82) is 0 Å². The lowest BCUT2D eigenvalue weighted by Crippen LogP contribution is -2.40. The van der Waals surface area contributed by atoms with Crippen LogP contribution in [0.25, 0.3) is 0 Å². The van der Waals surface area contributed by atoms with E-state index in [0.717, 1.165) is 24.0 Å². The molecule has 3 amide bonds. The number of anilines is 2. The first-order valence-corrected chi connectivity index (χ1v) is 12.3. The summed E-state index contributed by atoms with van der Waals surface area (Å²) in [5.74, 6) is -1.23. The van der Waals surface area contributed by atoms with Crippen molar-refractivity contribution in [1.82, 2.24) is 4.90 Å². The molecule has 2 aromatic carbocycles. The number of benzene rings is 2. The maximum absolute atomic E-state index is 13.8. The second kappa shape index (κ2) is 10.6. The summed E-state index contributed by atoms with van der Waals surface area (Å²) in [6.07, 6.45) is 2.85. The van der Waals surface area contributed by atoms with E-state index < -0.39 is 23.2 Å². The standard InChI is InChI=1S/C27H32FN3O5/c1-27(2,24(32)33)19-8-11-21(12-9-19)36-26(35)31-14-13-17-15-20(10-7-18(17)16-31)29-25(34)30-23-6-4-3-5-22(23)28/h3-7,10,15,19,21H,8-9,11-14,16H2,1-2H3,(H,32,33)(H2,29,30,34)/t19-,21-. The van der Waals surface area contributed by atoms with Gasteiger partial charge in [0, 0.05) is 18.8 Å². The normalized spacial score (nSPS) is 19.7. The minimum absolute atomic E-state index is 0.0726. The van der Waals surface area contributed by atoms with Gasteiger partial charge in [-0.15, -0.1) is 0 Å². The number of ether oxygens (including phenoxy) is 1. The fourth-order valence-corrected chi connectivity index (χ4v) is 4.93. The zero-order valence-electron chi connectivity index (χ0n) is 20.6. The Morgan fingerprint density at radius 1 is 1.03 bits per heavy atom. The summed E-state index contributed by atoms with van der Waals surface area (Å²) < 4.78 is 19.5. The highest BCUT2D eigenvalue weighted by molar-refractivity contribution is 5.99. The van der Waals surface area contributed by atoms with E-state index in [2.05, 4.69) is 10.6 Å². The van der Waals surface area contributed by atoms with Crippen molar-refractivity contribution in [2.24, 2.45) is 11.3 Å². The van der Waals surface area contributed by atoms with Crippen molar-refractivity contribution < 1.29 is 28.6 Å². The van der Waals surface area contributed by atoms with E-state index in [9.17, 15) is 23.9 Å². The Morgan fingerprint density at radius 2 is 1.75 bits per heavy atom. The number of amides is 3. The van der Waals surface area contributed by atoms with Crippen LogP contribution in [-0.2, 0) is 22.5 Å². The van der Waals surface area contributed by atoms with Crippen LogP contribution in [0, 0.1) is 17.2 Å². The molecule has 36 heavy (non-hydrogen) atoms. The number of fused-ring (bicyclic) bond motifs is 1. The van der Waals surface area contributed by atoms with E-state index in [1.54, 1.807) is 36.9 Å². The molecule has 8 nitrogen and oxygen atoms in total. The maximum Gasteiger partial charge on any atom is 0.410 e. The van der Waals surface area contributed by atoms with Crippen LogP contribution in [0.5, 0.6) is 0 Å². The minimum atomic E-state index is -0.793. The Bertz CT molecular complexity index is 1140. The highest BCUT2D eigenvalue weighted by Gasteiger charge is 2.39. The first kappa shape index (κ1) is 25.5. The highest BCUT2D eigenvalue weighted by Crippen LogP contribution is 2.39. The predicted molar refractivity (Wildman–Crippen MR) is 133 cm³/mol. The van der Waals surface area contributed by atoms with Crippen LogP contribution in [0.15, 0.2) is 42.5 Å². The van der Waals surface area contributed by atoms with Crippen LogP contribution in [0.1, 0.15) is 50.7 Å². The Morgan fingerprint density at radius 3 is 2.44 bits per heavy atom. The van der Waals surface area contributed by atoms with Gasteiger partial charge in [-0.25, -0.2) is 14.0 Å². The molecule has 1 heterocycles. The average Bonchev–Trinajstić information content (AvgIpc) is 2.85. The molecule has 9 heteroatoms. The van der Waals surface area contributed by atoms with Gasteiger partial charge in [0.25, 0.3) is 0 Å². The molecule has 3 N–H and O–H groups in total. The molecule has 0 saturated heterocycles. The predicted octanol–water partition coefficient (Wildman–Crippen LogP) is 5.63. The number of hydrogen-bond acceptors (Lipinski definition) is 4. The summed E-state index contributed by atoms with van der Waals surface area (Å²) in [6.45, 7) is 4.43. The average molecular weight is 498 g/mol. The van der Waals surface area contributed by atoms with Gasteiger partial charge in [-0.2, -0.15) is 0 Å². The van der Waals surface area contributed by atoms with Crippen LogP contribution in [-0.4, -0.2) is 40.7 Å². The number of urea groups is 1. The molecule has 4 rings (SSSR count). The quantitative estimate of drug-likeness (QED) is 0.496. The number of aliphatic carboxylic acids is 1. The molecule has 0 atom stereocenters. The van der Waals surface area contributed by atoms with E-state index in [1.165, 1.54) is 12.1 Å². The number of rotatable bonds is 5. The largest absolute Gasteiger partial charge is 0.481 e. The number of carboxylic acid groups (broad SMARTS) is 1. The van der Waals surface area contributed by atoms with E-state index in [0.29, 0.717) is 38.0 Å². The van der Waals surface area contributed by atoms with Crippen LogP contribution in [0.3, 0.4) is 0 Å². The molecule has 0 bridgehead atoms. The van der Waals surface area contributed by atoms with Crippen molar-refractivity contribution in [3.63, 3.8) is 0 Å². The zero-order chi connectivity index (χ0) is 25.9. The number of carbonyl (C=O) groups is 3. The van der Waals surface area contributed by atoms with Crippen LogP contribution < -0.4 is 10.6 Å². The summed E-state index contributed by atoms with van der Waals surface area (Å²) >= 11 is 0. The van der Waals surface area contributed by atoms with Crippen molar-refractivity contribution in [3.05, 3.63) is 59.4 Å². The first-order chi connectivity index (χ1) is 17.1. The summed E-state index contributed by atoms with van der Waals surface area (Å²) in [4.78, 5) is 38.2. The Kier molecular flexibility index (Phi) is 7.47. The van der Waals surface area contributed by atoms with Gasteiger partial charge in [-0.3, -0.25) is 4.79 Å². The zero-order valence-corrected chi connectivity index (χ0v) is 20.6. The summed E-state index contributed by atoms with van der Waals surface area (Å²) in [5.41, 5.74) is 1.91. The van der Waals surface area contributed by atoms with Gasteiger partial charge in [-0.1, -0.05) is 18.2 Å². The second-order valence-corrected chi connectivity index (χ2v) is 10.1. The molecule has 1 aliphatic heterocycles. The molecule has 2 aliphatic rings. The topological polar surface area (TPSA) is 108 Å². The lowest BCUT2D eigenvalue weighted by Gasteiger charge is -2.37. The van der Waals surface area contributed by atoms with Crippen molar-refractivity contribution in [2.45, 2.75) is 58.6 Å². The van der Waals surface area contributed by atoms with Crippen molar-refractivity contribution in [2.75, 3.05) is 17.2 Å². The van der Waals surface area contributed by atoms with Gasteiger partial charge >= 0.3 is 18.1 Å². The van der Waals surface area contributed by atoms with E-state index in [1.807, 2.05) is 12.1 Å². The number of nitrogens with zero attached hydrogens (tertiary/aromatic N) is 1. The summed E-state index contributed by atoms with van der Waals surface area (Å²) in [7, 11) is 0. The number of para-hydroxylation sites is 1. The van der Waals surface area contributed by atoms with Crippen molar-refractivity contribution >= 4 is 29.5 Å². The second-order valence-electron chi connectivity index (χ2n) is 10.1. The van der Waals surface area contributed by atoms with Gasteiger partial charge in [0.15, 0.2) is 0 Å². The van der Waals surface area contributed by atoms with E-state index >= 15 is 0 Å². The van der Waals surface area contributed by atoms with Crippen LogP contribution in [0.2, 0.25) is 0 Å². The van der Waals surface area contributed by atoms with E-state index in [4.69, 9.17) is 4.74 Å². The number of hydrogen-bond donors (Lipinski definition) is 3. The molecule has 1 fully saturated rings. The van der Waals surface area contributed by atoms with Crippen molar-refractivity contribution in [3.8, 4) is 0 Å². The van der Waals surface area contributed by atoms with Crippen LogP contribution in [0.4, 0.5) is 25.4 Å². The minimum Gasteiger partial charge on any atom is -0.481 e. The van der Waals surface area contributed by atoms with Gasteiger partial charge in [0.05, 0.1) is 11.1 Å². The van der Waals surface area contributed by atoms with Gasteiger partial charge in [0.1, 0.15) is 11.9 Å². The van der Waals surface area contributed by atoms with E-state index in [-0.39, 0.29) is 23.8 Å². The highest BCUT2D eigenvalue weighted by atomic mass is 19.1. The lowest BCUT2D eigenvalue weighted by molar-refractivity contribution is -0.151. The number of halogens is 1. The molecule has 1 aliphatic carbocycles. The third kappa shape index (κ3) is 5.78. The number of carbonyl (C=O) groups excluding carboxylic acids is 2. The SMILES string of the molecule is CC(C)(C(=O)O)[C@H]1CC[C@H](OC(=O)N2CCc3cc(NC(=O)Nc4ccccc4F)ccc3C2)CC1. The summed E-state index contributed by atoms with van der Waals surface area (Å²) in [5, 5.41) is 14.7. The Balaban J connectivity index is 1.28. The maximum atomic E-state index is 13.8. The smallest absolute Gasteiger partial charge is 0.410 e. The molecule has 0 unspecified atom stereocenters. The molecule has 2 aromatic rings. The lowest BCUT2D eigenvalue weighted by atomic mass is 9.70. The third-order valence-corrected chi connectivity index (χ3v) is 7.37. The first-order valence-electron chi connectivity index (χ1n) is 12.3. The third-order valence-electron chi connectivity index (χ3n) is 7.37.